The van der Waals surface area contributed by atoms with Crippen LogP contribution in [0.4, 0.5) is 0 Å². The van der Waals surface area contributed by atoms with Gasteiger partial charge in [-0.25, -0.2) is 0 Å². The van der Waals surface area contributed by atoms with Crippen LogP contribution in [0.3, 0.4) is 0 Å². The van der Waals surface area contributed by atoms with Crippen molar-refractivity contribution in [3.63, 3.8) is 0 Å². The van der Waals surface area contributed by atoms with Crippen LogP contribution in [-0.4, -0.2) is 42.9 Å². The van der Waals surface area contributed by atoms with Crippen molar-refractivity contribution in [1.29, 1.82) is 0 Å². The first-order valence-electron chi connectivity index (χ1n) is 8.11. The maximum absolute atomic E-state index is 11.9. The first-order valence-corrected chi connectivity index (χ1v) is 8.11. The van der Waals surface area contributed by atoms with E-state index in [4.69, 9.17) is 5.73 Å². The van der Waals surface area contributed by atoms with Gasteiger partial charge in [-0.05, 0) is 24.8 Å². The first-order chi connectivity index (χ1) is 10.8. The van der Waals surface area contributed by atoms with Crippen molar-refractivity contribution >= 4 is 35.8 Å². The van der Waals surface area contributed by atoms with Crippen LogP contribution < -0.4 is 11.1 Å². The summed E-state index contributed by atoms with van der Waals surface area (Å²) >= 11 is 0. The molecule has 0 spiro atoms. The quantitative estimate of drug-likeness (QED) is 0.413. The van der Waals surface area contributed by atoms with E-state index >= 15 is 0 Å². The molecule has 1 fully saturated rings. The van der Waals surface area contributed by atoms with Crippen LogP contribution in [-0.2, 0) is 11.2 Å². The summed E-state index contributed by atoms with van der Waals surface area (Å²) in [4.78, 5) is 18.1. The number of halogens is 1. The largest absolute Gasteiger partial charge is 0.370 e. The lowest BCUT2D eigenvalue weighted by Gasteiger charge is -2.20. The second-order valence-corrected chi connectivity index (χ2v) is 5.62. The van der Waals surface area contributed by atoms with E-state index in [0.29, 0.717) is 32.0 Å². The average molecular weight is 430 g/mol. The van der Waals surface area contributed by atoms with E-state index < -0.39 is 0 Å². The molecule has 0 unspecified atom stereocenters. The second kappa shape index (κ2) is 11.3. The standard InChI is InChI=1S/C17H26N4O.HI/c18-17(19-11-10-15-7-3-1-4-8-15)20-12-14-21-13-6-2-5-9-16(21)22;/h1,3-4,7-8H,2,5-6,9-14H2,(H3,18,19,20);1H. The highest BCUT2D eigenvalue weighted by Gasteiger charge is 2.15. The van der Waals surface area contributed by atoms with Crippen LogP contribution in [0.1, 0.15) is 31.2 Å². The van der Waals surface area contributed by atoms with Crippen LogP contribution in [0.25, 0.3) is 0 Å². The van der Waals surface area contributed by atoms with Gasteiger partial charge in [-0.3, -0.25) is 9.79 Å². The number of likely N-dealkylation sites (tertiary alicyclic amines) is 1. The predicted molar refractivity (Wildman–Crippen MR) is 105 cm³/mol. The molecule has 1 aromatic carbocycles. The highest BCUT2D eigenvalue weighted by molar-refractivity contribution is 14.0. The van der Waals surface area contributed by atoms with E-state index in [9.17, 15) is 4.79 Å². The molecule has 0 atom stereocenters. The van der Waals surface area contributed by atoms with Crippen molar-refractivity contribution < 1.29 is 4.79 Å². The van der Waals surface area contributed by atoms with Crippen LogP contribution in [0.5, 0.6) is 0 Å². The number of benzene rings is 1. The van der Waals surface area contributed by atoms with E-state index in [1.165, 1.54) is 5.56 Å². The molecule has 1 aromatic rings. The zero-order valence-electron chi connectivity index (χ0n) is 13.5. The lowest BCUT2D eigenvalue weighted by molar-refractivity contribution is -0.130. The van der Waals surface area contributed by atoms with Crippen LogP contribution in [0.2, 0.25) is 0 Å². The SMILES string of the molecule is I.NC(=NCCc1ccccc1)NCCN1CCCCCC1=O. The summed E-state index contributed by atoms with van der Waals surface area (Å²) < 4.78 is 0. The Morgan fingerprint density at radius 1 is 1.22 bits per heavy atom. The van der Waals surface area contributed by atoms with E-state index in [-0.39, 0.29) is 29.9 Å². The van der Waals surface area contributed by atoms with Gasteiger partial charge in [-0.1, -0.05) is 36.8 Å². The minimum Gasteiger partial charge on any atom is -0.370 e. The van der Waals surface area contributed by atoms with Gasteiger partial charge in [0.1, 0.15) is 0 Å². The molecule has 0 aliphatic carbocycles. The number of guanidine groups is 1. The third-order valence-electron chi connectivity index (χ3n) is 3.88. The fraction of sp³-hybridized carbons (Fsp3) is 0.529. The van der Waals surface area contributed by atoms with Gasteiger partial charge in [0, 0.05) is 32.6 Å². The molecule has 1 aliphatic rings. The molecular weight excluding hydrogens is 403 g/mol. The number of carbonyl (C=O) groups excluding carboxylic acids is 1. The van der Waals surface area contributed by atoms with Crippen molar-refractivity contribution in [1.82, 2.24) is 10.2 Å². The molecule has 2 rings (SSSR count). The molecule has 3 N–H and O–H groups in total. The van der Waals surface area contributed by atoms with Crippen LogP contribution >= 0.6 is 24.0 Å². The summed E-state index contributed by atoms with van der Waals surface area (Å²) in [6.07, 6.45) is 4.84. The number of nitrogens with one attached hydrogen (secondary N) is 1. The average Bonchev–Trinajstić information content (AvgIpc) is 2.73. The van der Waals surface area contributed by atoms with Gasteiger partial charge in [0.15, 0.2) is 5.96 Å². The molecule has 5 nitrogen and oxygen atoms in total. The zero-order valence-corrected chi connectivity index (χ0v) is 15.9. The van der Waals surface area contributed by atoms with Crippen molar-refractivity contribution in [2.24, 2.45) is 10.7 Å². The summed E-state index contributed by atoms with van der Waals surface area (Å²) in [7, 11) is 0. The van der Waals surface area contributed by atoms with Crippen molar-refractivity contribution in [3.05, 3.63) is 35.9 Å². The number of amides is 1. The fourth-order valence-corrected chi connectivity index (χ4v) is 2.60. The predicted octanol–water partition coefficient (Wildman–Crippen LogP) is 2.15. The lowest BCUT2D eigenvalue weighted by atomic mass is 10.2. The number of nitrogens with zero attached hydrogens (tertiary/aromatic N) is 2. The summed E-state index contributed by atoms with van der Waals surface area (Å²) in [5.41, 5.74) is 7.11. The second-order valence-electron chi connectivity index (χ2n) is 5.62. The summed E-state index contributed by atoms with van der Waals surface area (Å²) in [5, 5.41) is 3.09. The van der Waals surface area contributed by atoms with Crippen LogP contribution in [0.15, 0.2) is 35.3 Å². The molecule has 128 valence electrons. The smallest absolute Gasteiger partial charge is 0.222 e. The Hall–Kier alpha value is -1.31. The Labute approximate surface area is 155 Å². The van der Waals surface area contributed by atoms with Gasteiger partial charge in [0.2, 0.25) is 5.91 Å². The number of hydrogen-bond acceptors (Lipinski definition) is 2. The first kappa shape index (κ1) is 19.7. The molecule has 1 heterocycles. The van der Waals surface area contributed by atoms with E-state index in [1.807, 2.05) is 23.1 Å². The van der Waals surface area contributed by atoms with Crippen molar-refractivity contribution in [2.75, 3.05) is 26.2 Å². The molecule has 0 saturated carbocycles. The van der Waals surface area contributed by atoms with Gasteiger partial charge in [0.05, 0.1) is 0 Å². The Bertz CT molecular complexity index is 493. The van der Waals surface area contributed by atoms with Gasteiger partial charge in [-0.15, -0.1) is 24.0 Å². The molecule has 0 radical (unpaired) electrons. The van der Waals surface area contributed by atoms with Crippen LogP contribution in [0, 0.1) is 0 Å². The Morgan fingerprint density at radius 3 is 2.78 bits per heavy atom. The Balaban J connectivity index is 0.00000264. The van der Waals surface area contributed by atoms with E-state index in [0.717, 1.165) is 32.2 Å². The molecule has 1 aliphatic heterocycles. The monoisotopic (exact) mass is 430 g/mol. The van der Waals surface area contributed by atoms with Gasteiger partial charge >= 0.3 is 0 Å². The zero-order chi connectivity index (χ0) is 15.6. The summed E-state index contributed by atoms with van der Waals surface area (Å²) in [6.45, 7) is 2.90. The molecule has 0 bridgehead atoms. The highest BCUT2D eigenvalue weighted by Crippen LogP contribution is 2.10. The number of hydrogen-bond donors (Lipinski definition) is 2. The Morgan fingerprint density at radius 2 is 2.00 bits per heavy atom. The van der Waals surface area contributed by atoms with Crippen molar-refractivity contribution in [3.8, 4) is 0 Å². The number of aliphatic imine (C=N–C) groups is 1. The number of rotatable bonds is 6. The molecule has 1 amide bonds. The summed E-state index contributed by atoms with van der Waals surface area (Å²) in [6, 6.07) is 10.2. The van der Waals surface area contributed by atoms with Gasteiger partial charge in [-0.2, -0.15) is 0 Å². The highest BCUT2D eigenvalue weighted by atomic mass is 127. The Kier molecular flexibility index (Phi) is 9.66. The third-order valence-corrected chi connectivity index (χ3v) is 3.88. The maximum atomic E-state index is 11.9. The third kappa shape index (κ3) is 7.67. The minimum absolute atomic E-state index is 0. The van der Waals surface area contributed by atoms with E-state index in [2.05, 4.69) is 22.4 Å². The molecule has 23 heavy (non-hydrogen) atoms. The normalized spacial score (nSPS) is 15.7. The maximum Gasteiger partial charge on any atom is 0.222 e. The number of nitrogens with two attached hydrogens (primary N) is 1. The van der Waals surface area contributed by atoms with Crippen molar-refractivity contribution in [2.45, 2.75) is 32.1 Å². The molecule has 0 aromatic heterocycles. The minimum atomic E-state index is 0. The molecule has 6 heteroatoms. The summed E-state index contributed by atoms with van der Waals surface area (Å²) in [5.74, 6) is 0.720. The van der Waals surface area contributed by atoms with Gasteiger partial charge in [0.25, 0.3) is 0 Å². The van der Waals surface area contributed by atoms with E-state index in [1.54, 1.807) is 0 Å². The lowest BCUT2D eigenvalue weighted by Crippen LogP contribution is -2.40. The number of carbonyl (C=O) groups is 1. The fourth-order valence-electron chi connectivity index (χ4n) is 2.60. The molecule has 1 saturated heterocycles. The topological polar surface area (TPSA) is 70.7 Å². The van der Waals surface area contributed by atoms with Gasteiger partial charge < -0.3 is 16.0 Å². The molecular formula is C17H27IN4O.